The zero-order chi connectivity index (χ0) is 26.3. The lowest BCUT2D eigenvalue weighted by molar-refractivity contribution is -0.134. The van der Waals surface area contributed by atoms with Crippen LogP contribution in [0.25, 0.3) is 0 Å². The molecule has 196 valence electrons. The number of ketones is 1. The van der Waals surface area contributed by atoms with E-state index in [9.17, 15) is 14.4 Å². The van der Waals surface area contributed by atoms with E-state index < -0.39 is 18.0 Å². The first-order valence-electron chi connectivity index (χ1n) is 12.4. The standard InChI is InChI=1S/C27H39N5O4/c1-2-36-25-11-7-6-10-21(25)18-24(33)23(13-12-20-8-4-3-5-9-20)31-27(35)22(30)19-26(34)32(16-14-28)17-15-29/h3-11,22-23H,2,12-19,28-30H2,1H3,(H,31,35)/t22-,23-/m0/s1. The number of hydrogen-bond donors (Lipinski definition) is 4. The highest BCUT2D eigenvalue weighted by atomic mass is 16.5. The fraction of sp³-hybridized carbons (Fsp3) is 0.444. The number of carbonyl (C=O) groups is 3. The van der Waals surface area contributed by atoms with Gasteiger partial charge in [-0.2, -0.15) is 0 Å². The van der Waals surface area contributed by atoms with Crippen LogP contribution in [0.5, 0.6) is 5.75 Å². The molecule has 0 aliphatic heterocycles. The number of para-hydroxylation sites is 1. The lowest BCUT2D eigenvalue weighted by atomic mass is 9.97. The Bertz CT molecular complexity index is 964. The molecule has 2 rings (SSSR count). The van der Waals surface area contributed by atoms with Crippen LogP contribution in [0.15, 0.2) is 54.6 Å². The van der Waals surface area contributed by atoms with Gasteiger partial charge in [0.25, 0.3) is 0 Å². The Morgan fingerprint density at radius 1 is 0.972 bits per heavy atom. The SMILES string of the molecule is CCOc1ccccc1CC(=O)[C@H](CCc1ccccc1)NC(=O)[C@@H](N)CC(=O)N(CCN)CCN. The van der Waals surface area contributed by atoms with Crippen LogP contribution in [-0.4, -0.2) is 67.4 Å². The molecule has 0 saturated heterocycles. The number of nitrogens with zero attached hydrogens (tertiary/aromatic N) is 1. The van der Waals surface area contributed by atoms with E-state index in [0.717, 1.165) is 11.1 Å². The molecule has 0 aromatic heterocycles. The Labute approximate surface area is 213 Å². The summed E-state index contributed by atoms with van der Waals surface area (Å²) in [5, 5.41) is 2.79. The molecule has 7 N–H and O–H groups in total. The zero-order valence-corrected chi connectivity index (χ0v) is 21.0. The molecule has 9 nitrogen and oxygen atoms in total. The lowest BCUT2D eigenvalue weighted by Gasteiger charge is -2.24. The molecule has 0 bridgehead atoms. The highest BCUT2D eigenvalue weighted by Gasteiger charge is 2.27. The van der Waals surface area contributed by atoms with Gasteiger partial charge in [0.1, 0.15) is 5.75 Å². The van der Waals surface area contributed by atoms with E-state index >= 15 is 0 Å². The number of carbonyl (C=O) groups excluding carboxylic acids is 3. The number of amides is 2. The van der Waals surface area contributed by atoms with Gasteiger partial charge in [0, 0.05) is 38.2 Å². The summed E-state index contributed by atoms with van der Waals surface area (Å²) in [6.07, 6.45) is 0.904. The molecule has 0 spiro atoms. The maximum Gasteiger partial charge on any atom is 0.238 e. The molecule has 0 saturated carbocycles. The molecular formula is C27H39N5O4. The molecule has 0 aliphatic carbocycles. The van der Waals surface area contributed by atoms with Crippen LogP contribution in [0.2, 0.25) is 0 Å². The van der Waals surface area contributed by atoms with Crippen molar-refractivity contribution in [2.75, 3.05) is 32.8 Å². The minimum Gasteiger partial charge on any atom is -0.494 e. The van der Waals surface area contributed by atoms with Crippen molar-refractivity contribution in [1.29, 1.82) is 0 Å². The van der Waals surface area contributed by atoms with Crippen LogP contribution in [0.4, 0.5) is 0 Å². The highest BCUT2D eigenvalue weighted by Crippen LogP contribution is 2.20. The van der Waals surface area contributed by atoms with Crippen LogP contribution in [-0.2, 0) is 27.2 Å². The van der Waals surface area contributed by atoms with Gasteiger partial charge in [-0.15, -0.1) is 0 Å². The normalized spacial score (nSPS) is 12.4. The van der Waals surface area contributed by atoms with Gasteiger partial charge in [0.05, 0.1) is 25.1 Å². The van der Waals surface area contributed by atoms with Crippen LogP contribution >= 0.6 is 0 Å². The number of ether oxygens (including phenoxy) is 1. The second-order valence-corrected chi connectivity index (χ2v) is 8.54. The molecule has 9 heteroatoms. The molecular weight excluding hydrogens is 458 g/mol. The third-order valence-corrected chi connectivity index (χ3v) is 5.79. The van der Waals surface area contributed by atoms with Crippen molar-refractivity contribution in [2.24, 2.45) is 17.2 Å². The highest BCUT2D eigenvalue weighted by molar-refractivity contribution is 5.94. The summed E-state index contributed by atoms with van der Waals surface area (Å²) in [6, 6.07) is 15.2. The first-order chi connectivity index (χ1) is 17.4. The fourth-order valence-electron chi connectivity index (χ4n) is 3.89. The molecule has 0 heterocycles. The Morgan fingerprint density at radius 2 is 1.61 bits per heavy atom. The number of nitrogens with two attached hydrogens (primary N) is 3. The van der Waals surface area contributed by atoms with Gasteiger partial charge in [-0.05, 0) is 31.4 Å². The van der Waals surface area contributed by atoms with Crippen molar-refractivity contribution in [3.05, 3.63) is 65.7 Å². The summed E-state index contributed by atoms with van der Waals surface area (Å²) in [5.41, 5.74) is 19.0. The Balaban J connectivity index is 2.11. The molecule has 2 aromatic carbocycles. The van der Waals surface area contributed by atoms with Gasteiger partial charge in [-0.1, -0.05) is 48.5 Å². The third kappa shape index (κ3) is 9.41. The minimum atomic E-state index is -1.10. The summed E-state index contributed by atoms with van der Waals surface area (Å²) >= 11 is 0. The number of benzene rings is 2. The van der Waals surface area contributed by atoms with E-state index in [1.807, 2.05) is 61.5 Å². The minimum absolute atomic E-state index is 0.102. The molecule has 0 unspecified atom stereocenters. The predicted molar refractivity (Wildman–Crippen MR) is 140 cm³/mol. The Morgan fingerprint density at radius 3 is 2.25 bits per heavy atom. The number of nitrogens with one attached hydrogen (secondary N) is 1. The summed E-state index contributed by atoms with van der Waals surface area (Å²) in [6.45, 7) is 3.60. The monoisotopic (exact) mass is 497 g/mol. The fourth-order valence-corrected chi connectivity index (χ4v) is 3.89. The van der Waals surface area contributed by atoms with Crippen molar-refractivity contribution < 1.29 is 19.1 Å². The van der Waals surface area contributed by atoms with Crippen molar-refractivity contribution in [1.82, 2.24) is 10.2 Å². The molecule has 2 atom stereocenters. The first-order valence-corrected chi connectivity index (χ1v) is 12.4. The summed E-state index contributed by atoms with van der Waals surface area (Å²) in [4.78, 5) is 40.3. The maximum atomic E-state index is 13.3. The van der Waals surface area contributed by atoms with E-state index in [0.29, 0.717) is 38.3 Å². The summed E-state index contributed by atoms with van der Waals surface area (Å²) in [7, 11) is 0. The Kier molecular flexibility index (Phi) is 12.6. The van der Waals surface area contributed by atoms with Crippen LogP contribution in [0, 0.1) is 0 Å². The number of Topliss-reactive ketones (excluding diaryl/α,β-unsaturated/α-hetero) is 1. The van der Waals surface area contributed by atoms with Gasteiger partial charge in [0.2, 0.25) is 11.8 Å². The third-order valence-electron chi connectivity index (χ3n) is 5.79. The average molecular weight is 498 g/mol. The van der Waals surface area contributed by atoms with E-state index in [4.69, 9.17) is 21.9 Å². The average Bonchev–Trinajstić information content (AvgIpc) is 2.88. The molecule has 0 fully saturated rings. The molecule has 2 amide bonds. The van der Waals surface area contributed by atoms with Crippen LogP contribution in [0.1, 0.15) is 30.9 Å². The number of hydrogen-bond acceptors (Lipinski definition) is 7. The molecule has 0 aliphatic rings. The van der Waals surface area contributed by atoms with Crippen LogP contribution < -0.4 is 27.3 Å². The van der Waals surface area contributed by atoms with Crippen molar-refractivity contribution in [3.63, 3.8) is 0 Å². The molecule has 0 radical (unpaired) electrons. The summed E-state index contributed by atoms with van der Waals surface area (Å²) in [5.74, 6) is -0.360. The molecule has 2 aromatic rings. The lowest BCUT2D eigenvalue weighted by Crippen LogP contribution is -2.51. The summed E-state index contributed by atoms with van der Waals surface area (Å²) < 4.78 is 5.65. The van der Waals surface area contributed by atoms with Gasteiger partial charge >= 0.3 is 0 Å². The van der Waals surface area contributed by atoms with Crippen molar-refractivity contribution in [3.8, 4) is 5.75 Å². The number of aryl methyl sites for hydroxylation is 1. The smallest absolute Gasteiger partial charge is 0.238 e. The van der Waals surface area contributed by atoms with E-state index in [1.54, 1.807) is 0 Å². The maximum absolute atomic E-state index is 13.3. The quantitative estimate of drug-likeness (QED) is 0.267. The largest absolute Gasteiger partial charge is 0.494 e. The van der Waals surface area contributed by atoms with E-state index in [1.165, 1.54) is 4.90 Å². The second kappa shape index (κ2) is 15.7. The topological polar surface area (TPSA) is 154 Å². The first kappa shape index (κ1) is 29.0. The van der Waals surface area contributed by atoms with Gasteiger partial charge in [-0.25, -0.2) is 0 Å². The van der Waals surface area contributed by atoms with Gasteiger partial charge in [-0.3, -0.25) is 14.4 Å². The zero-order valence-electron chi connectivity index (χ0n) is 21.0. The van der Waals surface area contributed by atoms with Crippen molar-refractivity contribution in [2.45, 2.75) is 44.7 Å². The molecule has 36 heavy (non-hydrogen) atoms. The van der Waals surface area contributed by atoms with E-state index in [2.05, 4.69) is 5.32 Å². The Hall–Kier alpha value is -3.27. The van der Waals surface area contributed by atoms with Gasteiger partial charge in [0.15, 0.2) is 5.78 Å². The number of rotatable bonds is 16. The van der Waals surface area contributed by atoms with Crippen molar-refractivity contribution >= 4 is 17.6 Å². The van der Waals surface area contributed by atoms with Gasteiger partial charge < -0.3 is 32.2 Å². The van der Waals surface area contributed by atoms with E-state index in [-0.39, 0.29) is 37.6 Å². The second-order valence-electron chi connectivity index (χ2n) is 8.54. The van der Waals surface area contributed by atoms with Crippen LogP contribution in [0.3, 0.4) is 0 Å². The predicted octanol–water partition coefficient (Wildman–Crippen LogP) is 0.778.